The number of hydrogen-bond donors (Lipinski definition) is 1. The van der Waals surface area contributed by atoms with Gasteiger partial charge in [0.25, 0.3) is 0 Å². The highest BCUT2D eigenvalue weighted by Crippen LogP contribution is 2.35. The lowest BCUT2D eigenvalue weighted by molar-refractivity contribution is 0.607. The van der Waals surface area contributed by atoms with Gasteiger partial charge in [-0.1, -0.05) is 18.2 Å². The van der Waals surface area contributed by atoms with Crippen molar-refractivity contribution < 1.29 is 8.42 Å². The van der Waals surface area contributed by atoms with Crippen molar-refractivity contribution in [2.45, 2.75) is 33.7 Å². The van der Waals surface area contributed by atoms with Gasteiger partial charge in [-0.05, 0) is 56.5 Å². The number of benzene rings is 2. The van der Waals surface area contributed by atoms with Gasteiger partial charge in [0.2, 0.25) is 10.0 Å². The third kappa shape index (κ3) is 3.69. The minimum absolute atomic E-state index is 0.218. The molecule has 1 aromatic heterocycles. The molecule has 1 N–H and O–H groups in total. The standard InChI is InChI=1S/C21H23N3O2S/c1-13(2)24-12-20(16-8-14(3)19(11-22)15(4)9-16)18-7-6-17(10-21(18)24)23-27(5,25)26/h6-10,12-13,23H,1-5H3. The molecule has 2 aromatic carbocycles. The van der Waals surface area contributed by atoms with Crippen LogP contribution in [0.4, 0.5) is 5.69 Å². The molecule has 140 valence electrons. The lowest BCUT2D eigenvalue weighted by Crippen LogP contribution is -2.09. The molecule has 27 heavy (non-hydrogen) atoms. The maximum absolute atomic E-state index is 11.6. The second kappa shape index (κ2) is 6.75. The van der Waals surface area contributed by atoms with Crippen molar-refractivity contribution in [1.29, 1.82) is 5.26 Å². The summed E-state index contributed by atoms with van der Waals surface area (Å²) in [6.07, 6.45) is 3.24. The van der Waals surface area contributed by atoms with Gasteiger partial charge in [0, 0.05) is 23.2 Å². The van der Waals surface area contributed by atoms with Crippen molar-refractivity contribution in [3.8, 4) is 17.2 Å². The van der Waals surface area contributed by atoms with Crippen LogP contribution in [-0.2, 0) is 10.0 Å². The molecule has 3 aromatic rings. The van der Waals surface area contributed by atoms with E-state index in [9.17, 15) is 13.7 Å². The Morgan fingerprint density at radius 3 is 2.26 bits per heavy atom. The average molecular weight is 382 g/mol. The van der Waals surface area contributed by atoms with Crippen LogP contribution in [0, 0.1) is 25.2 Å². The lowest BCUT2D eigenvalue weighted by atomic mass is 9.96. The summed E-state index contributed by atoms with van der Waals surface area (Å²) >= 11 is 0. The zero-order chi connectivity index (χ0) is 19.9. The first-order valence-corrected chi connectivity index (χ1v) is 10.6. The minimum atomic E-state index is -3.33. The molecule has 0 unspecified atom stereocenters. The molecular formula is C21H23N3O2S. The quantitative estimate of drug-likeness (QED) is 0.709. The number of nitriles is 1. The van der Waals surface area contributed by atoms with E-state index in [4.69, 9.17) is 0 Å². The summed E-state index contributed by atoms with van der Waals surface area (Å²) in [6.45, 7) is 8.08. The third-order valence-corrected chi connectivity index (χ3v) is 5.26. The first kappa shape index (κ1) is 19.0. The molecule has 0 fully saturated rings. The Morgan fingerprint density at radius 1 is 1.11 bits per heavy atom. The maximum atomic E-state index is 11.6. The Morgan fingerprint density at radius 2 is 1.74 bits per heavy atom. The molecule has 5 nitrogen and oxygen atoms in total. The van der Waals surface area contributed by atoms with Crippen LogP contribution in [0.2, 0.25) is 0 Å². The summed E-state index contributed by atoms with van der Waals surface area (Å²) in [7, 11) is -3.33. The number of aryl methyl sites for hydroxylation is 2. The summed E-state index contributed by atoms with van der Waals surface area (Å²) < 4.78 is 27.8. The Labute approximate surface area is 160 Å². The largest absolute Gasteiger partial charge is 0.344 e. The number of nitrogens with one attached hydrogen (secondary N) is 1. The van der Waals surface area contributed by atoms with E-state index in [0.29, 0.717) is 11.3 Å². The van der Waals surface area contributed by atoms with Crippen LogP contribution in [0.15, 0.2) is 36.5 Å². The van der Waals surface area contributed by atoms with Crippen molar-refractivity contribution >= 4 is 26.6 Å². The van der Waals surface area contributed by atoms with Crippen LogP contribution in [0.3, 0.4) is 0 Å². The van der Waals surface area contributed by atoms with Crippen molar-refractivity contribution in [3.63, 3.8) is 0 Å². The number of hydrogen-bond acceptors (Lipinski definition) is 3. The fraction of sp³-hybridized carbons (Fsp3) is 0.286. The molecule has 0 radical (unpaired) electrons. The van der Waals surface area contributed by atoms with Crippen LogP contribution < -0.4 is 4.72 Å². The van der Waals surface area contributed by atoms with Crippen LogP contribution in [0.5, 0.6) is 0 Å². The van der Waals surface area contributed by atoms with Crippen molar-refractivity contribution in [1.82, 2.24) is 4.57 Å². The summed E-state index contributed by atoms with van der Waals surface area (Å²) in [5.74, 6) is 0. The number of fused-ring (bicyclic) bond motifs is 1. The van der Waals surface area contributed by atoms with Crippen molar-refractivity contribution in [3.05, 3.63) is 53.2 Å². The molecule has 3 rings (SSSR count). The number of anilines is 1. The third-order valence-electron chi connectivity index (χ3n) is 4.65. The van der Waals surface area contributed by atoms with E-state index in [1.165, 1.54) is 0 Å². The van der Waals surface area contributed by atoms with E-state index in [-0.39, 0.29) is 6.04 Å². The van der Waals surface area contributed by atoms with Crippen LogP contribution in [-0.4, -0.2) is 19.2 Å². The highest BCUT2D eigenvalue weighted by atomic mass is 32.2. The smallest absolute Gasteiger partial charge is 0.229 e. The number of aromatic nitrogens is 1. The Bertz CT molecular complexity index is 1160. The fourth-order valence-corrected chi connectivity index (χ4v) is 4.04. The van der Waals surface area contributed by atoms with E-state index < -0.39 is 10.0 Å². The Hall–Kier alpha value is -2.78. The molecule has 0 saturated heterocycles. The van der Waals surface area contributed by atoms with Gasteiger partial charge >= 0.3 is 0 Å². The van der Waals surface area contributed by atoms with Gasteiger partial charge in [-0.25, -0.2) is 8.42 Å². The van der Waals surface area contributed by atoms with Gasteiger partial charge in [-0.2, -0.15) is 5.26 Å². The lowest BCUT2D eigenvalue weighted by Gasteiger charge is -2.10. The molecule has 0 amide bonds. The molecular weight excluding hydrogens is 358 g/mol. The zero-order valence-electron chi connectivity index (χ0n) is 16.2. The van der Waals surface area contributed by atoms with Gasteiger partial charge in [-0.3, -0.25) is 4.72 Å². The Balaban J connectivity index is 2.25. The van der Waals surface area contributed by atoms with E-state index >= 15 is 0 Å². The number of nitrogens with zero attached hydrogens (tertiary/aromatic N) is 2. The van der Waals surface area contributed by atoms with E-state index in [2.05, 4.69) is 35.4 Å². The predicted octanol–water partition coefficient (Wildman–Crippen LogP) is 4.75. The second-order valence-electron chi connectivity index (χ2n) is 7.25. The van der Waals surface area contributed by atoms with Crippen molar-refractivity contribution in [2.24, 2.45) is 0 Å². The second-order valence-corrected chi connectivity index (χ2v) is 9.00. The number of rotatable bonds is 4. The summed E-state index contributed by atoms with van der Waals surface area (Å²) in [4.78, 5) is 0. The van der Waals surface area contributed by atoms with Crippen LogP contribution in [0.1, 0.15) is 36.6 Å². The summed E-state index contributed by atoms with van der Waals surface area (Å²) in [5, 5.41) is 10.4. The molecule has 0 saturated carbocycles. The summed E-state index contributed by atoms with van der Waals surface area (Å²) in [6, 6.07) is 12.1. The van der Waals surface area contributed by atoms with Crippen LogP contribution >= 0.6 is 0 Å². The fourth-order valence-electron chi connectivity index (χ4n) is 3.48. The maximum Gasteiger partial charge on any atom is 0.229 e. The van der Waals surface area contributed by atoms with Gasteiger partial charge < -0.3 is 4.57 Å². The molecule has 6 heteroatoms. The molecule has 0 aliphatic rings. The summed E-state index contributed by atoms with van der Waals surface area (Å²) in [5.41, 5.74) is 6.25. The molecule has 0 aliphatic carbocycles. The van der Waals surface area contributed by atoms with Gasteiger partial charge in [0.15, 0.2) is 0 Å². The van der Waals surface area contributed by atoms with E-state index in [1.807, 2.05) is 38.1 Å². The van der Waals surface area contributed by atoms with Gasteiger partial charge in [0.05, 0.1) is 29.1 Å². The first-order valence-electron chi connectivity index (χ1n) is 8.75. The molecule has 0 spiro atoms. The SMILES string of the molecule is Cc1cc(-c2cn(C(C)C)c3cc(NS(C)(=O)=O)ccc23)cc(C)c1C#N. The topological polar surface area (TPSA) is 74.9 Å². The molecule has 1 heterocycles. The zero-order valence-corrected chi connectivity index (χ0v) is 17.0. The van der Waals surface area contributed by atoms with E-state index in [1.54, 1.807) is 6.07 Å². The van der Waals surface area contributed by atoms with Gasteiger partial charge in [0.1, 0.15) is 0 Å². The molecule has 0 bridgehead atoms. The molecule has 0 atom stereocenters. The minimum Gasteiger partial charge on any atom is -0.344 e. The first-order chi connectivity index (χ1) is 12.6. The molecule has 0 aliphatic heterocycles. The van der Waals surface area contributed by atoms with Crippen LogP contribution in [0.25, 0.3) is 22.0 Å². The highest BCUT2D eigenvalue weighted by Gasteiger charge is 2.15. The monoisotopic (exact) mass is 381 g/mol. The Kier molecular flexibility index (Phi) is 4.75. The van der Waals surface area contributed by atoms with Crippen molar-refractivity contribution in [2.75, 3.05) is 11.0 Å². The average Bonchev–Trinajstić information content (AvgIpc) is 2.92. The van der Waals surface area contributed by atoms with E-state index in [0.717, 1.165) is 39.4 Å². The number of sulfonamides is 1. The normalized spacial score (nSPS) is 11.7. The highest BCUT2D eigenvalue weighted by molar-refractivity contribution is 7.92. The predicted molar refractivity (Wildman–Crippen MR) is 110 cm³/mol. The van der Waals surface area contributed by atoms with Gasteiger partial charge in [-0.15, -0.1) is 0 Å².